The summed E-state index contributed by atoms with van der Waals surface area (Å²) in [6, 6.07) is 13.7. The number of aromatic nitrogens is 2. The van der Waals surface area contributed by atoms with Crippen LogP contribution in [-0.4, -0.2) is 64.3 Å². The summed E-state index contributed by atoms with van der Waals surface area (Å²) in [5, 5.41) is 21.8. The number of halogens is 1. The van der Waals surface area contributed by atoms with Crippen molar-refractivity contribution in [1.29, 1.82) is 0 Å². The highest BCUT2D eigenvalue weighted by Crippen LogP contribution is 2.33. The molecule has 0 unspecified atom stereocenters. The molecule has 230 valence electrons. The number of anilines is 2. The van der Waals surface area contributed by atoms with Crippen LogP contribution in [0.3, 0.4) is 0 Å². The SMILES string of the molecule is CCC(C)=C(/C=C1/CN(C)CCN1C)Nc1cc(-c2ccc(F)c(NC(=O)c3cc4ccccc4s3)c2CO)nn(C)c1=O. The van der Waals surface area contributed by atoms with Crippen LogP contribution in [-0.2, 0) is 13.7 Å². The molecule has 44 heavy (non-hydrogen) atoms. The van der Waals surface area contributed by atoms with Gasteiger partial charge in [-0.25, -0.2) is 9.07 Å². The van der Waals surface area contributed by atoms with Crippen LogP contribution in [0.5, 0.6) is 0 Å². The van der Waals surface area contributed by atoms with E-state index in [4.69, 9.17) is 0 Å². The Morgan fingerprint density at radius 3 is 2.61 bits per heavy atom. The van der Waals surface area contributed by atoms with Crippen molar-refractivity contribution >= 4 is 38.7 Å². The molecule has 1 aliphatic rings. The van der Waals surface area contributed by atoms with Crippen LogP contribution < -0.4 is 16.2 Å². The van der Waals surface area contributed by atoms with Crippen LogP contribution in [0, 0.1) is 5.82 Å². The molecule has 1 saturated heterocycles. The van der Waals surface area contributed by atoms with Gasteiger partial charge < -0.3 is 20.6 Å². The molecular formula is C33H37FN6O3S. The van der Waals surface area contributed by atoms with Gasteiger partial charge in [0, 0.05) is 61.0 Å². The maximum Gasteiger partial charge on any atom is 0.290 e. The molecule has 1 fully saturated rings. The molecule has 1 amide bonds. The van der Waals surface area contributed by atoms with Crippen LogP contribution in [0.4, 0.5) is 15.8 Å². The van der Waals surface area contributed by atoms with Crippen molar-refractivity contribution in [3.05, 3.63) is 98.2 Å². The standard InChI is InChI=1S/C33H37FN6O3S/c1-6-20(2)26(16-22-18-38(3)13-14-39(22)4)35-28-17-27(37-40(5)33(28)43)23-11-12-25(34)31(24(23)19-41)36-32(42)30-15-21-9-7-8-10-29(21)44-30/h7-12,15-17,35,41H,6,13-14,18-19H2,1-5H3,(H,36,42)/b22-16-,26-20?. The van der Waals surface area contributed by atoms with Gasteiger partial charge in [0.2, 0.25) is 0 Å². The number of aliphatic hydroxyl groups excluding tert-OH is 1. The second-order valence-electron chi connectivity index (χ2n) is 11.0. The summed E-state index contributed by atoms with van der Waals surface area (Å²) in [5.74, 6) is -1.17. The number of carbonyl (C=O) groups is 1. The number of hydrogen-bond acceptors (Lipinski definition) is 8. The third-order valence-electron chi connectivity index (χ3n) is 7.96. The van der Waals surface area contributed by atoms with Crippen molar-refractivity contribution in [2.45, 2.75) is 26.9 Å². The number of piperazine rings is 1. The highest BCUT2D eigenvalue weighted by molar-refractivity contribution is 7.20. The molecular weight excluding hydrogens is 579 g/mol. The highest BCUT2D eigenvalue weighted by Gasteiger charge is 2.21. The first-order valence-corrected chi connectivity index (χ1v) is 15.3. The lowest BCUT2D eigenvalue weighted by molar-refractivity contribution is 0.103. The molecule has 1 aliphatic heterocycles. The number of allylic oxidation sites excluding steroid dienone is 2. The second kappa shape index (κ2) is 13.1. The Bertz CT molecular complexity index is 1810. The molecule has 11 heteroatoms. The number of amides is 1. The fourth-order valence-electron chi connectivity index (χ4n) is 5.12. The van der Waals surface area contributed by atoms with E-state index in [0.717, 1.165) is 53.1 Å². The van der Waals surface area contributed by atoms with Crippen molar-refractivity contribution in [2.24, 2.45) is 7.05 Å². The molecule has 5 rings (SSSR count). The van der Waals surface area contributed by atoms with E-state index in [2.05, 4.69) is 52.6 Å². The Balaban J connectivity index is 1.52. The average Bonchev–Trinajstić information content (AvgIpc) is 3.46. The molecule has 0 radical (unpaired) electrons. The molecule has 0 aliphatic carbocycles. The van der Waals surface area contributed by atoms with Gasteiger partial charge in [-0.05, 0) is 62.2 Å². The van der Waals surface area contributed by atoms with E-state index >= 15 is 4.39 Å². The van der Waals surface area contributed by atoms with Crippen molar-refractivity contribution in [3.63, 3.8) is 0 Å². The zero-order valence-electron chi connectivity index (χ0n) is 25.6. The minimum atomic E-state index is -0.688. The number of thiophene rings is 1. The molecule has 0 saturated carbocycles. The Hall–Kier alpha value is -4.32. The predicted molar refractivity (Wildman–Crippen MR) is 175 cm³/mol. The van der Waals surface area contributed by atoms with E-state index in [1.54, 1.807) is 19.2 Å². The van der Waals surface area contributed by atoms with Crippen LogP contribution in [0.1, 0.15) is 35.5 Å². The summed E-state index contributed by atoms with van der Waals surface area (Å²) in [5.41, 5.74) is 3.72. The normalized spacial score (nSPS) is 15.5. The number of aryl methyl sites for hydroxylation is 1. The summed E-state index contributed by atoms with van der Waals surface area (Å²) in [6.45, 7) is 6.17. The number of rotatable bonds is 8. The van der Waals surface area contributed by atoms with E-state index in [-0.39, 0.29) is 22.5 Å². The maximum absolute atomic E-state index is 15.2. The van der Waals surface area contributed by atoms with Crippen LogP contribution in [0.15, 0.2) is 76.4 Å². The number of carbonyl (C=O) groups excluding carboxylic acids is 1. The first kappa shape index (κ1) is 31.1. The third kappa shape index (κ3) is 6.45. The van der Waals surface area contributed by atoms with Crippen LogP contribution in [0.25, 0.3) is 21.3 Å². The number of nitrogens with one attached hydrogen (secondary N) is 2. The maximum atomic E-state index is 15.2. The Kier molecular flexibility index (Phi) is 9.28. The number of likely N-dealkylation sites (N-methyl/N-ethyl adjacent to an activating group) is 2. The molecule has 2 aromatic heterocycles. The van der Waals surface area contributed by atoms with Crippen molar-refractivity contribution in [2.75, 3.05) is 44.4 Å². The lowest BCUT2D eigenvalue weighted by atomic mass is 10.0. The van der Waals surface area contributed by atoms with Gasteiger partial charge in [-0.2, -0.15) is 5.10 Å². The van der Waals surface area contributed by atoms with Gasteiger partial charge in [-0.3, -0.25) is 14.5 Å². The van der Waals surface area contributed by atoms with Crippen molar-refractivity contribution < 1.29 is 14.3 Å². The number of benzene rings is 2. The molecule has 3 N–H and O–H groups in total. The largest absolute Gasteiger partial charge is 0.392 e. The van der Waals surface area contributed by atoms with Gasteiger partial charge >= 0.3 is 0 Å². The molecule has 0 spiro atoms. The van der Waals surface area contributed by atoms with Gasteiger partial charge in [0.05, 0.1) is 22.9 Å². The topological polar surface area (TPSA) is 103 Å². The predicted octanol–water partition coefficient (Wildman–Crippen LogP) is 5.40. The molecule has 2 aromatic carbocycles. The monoisotopic (exact) mass is 616 g/mol. The zero-order chi connectivity index (χ0) is 31.5. The minimum Gasteiger partial charge on any atom is -0.392 e. The quantitative estimate of drug-likeness (QED) is 0.244. The van der Waals surface area contributed by atoms with Gasteiger partial charge in [-0.15, -0.1) is 11.3 Å². The van der Waals surface area contributed by atoms with Gasteiger partial charge in [0.15, 0.2) is 0 Å². The number of fused-ring (bicyclic) bond motifs is 1. The Labute approximate surface area is 259 Å². The summed E-state index contributed by atoms with van der Waals surface area (Å²) in [7, 11) is 5.68. The number of nitrogens with zero attached hydrogens (tertiary/aromatic N) is 4. The van der Waals surface area contributed by atoms with E-state index < -0.39 is 18.3 Å². The molecule has 3 heterocycles. The van der Waals surface area contributed by atoms with Crippen LogP contribution in [0.2, 0.25) is 0 Å². The number of aliphatic hydroxyl groups is 1. The summed E-state index contributed by atoms with van der Waals surface area (Å²) in [6.07, 6.45) is 2.85. The zero-order valence-corrected chi connectivity index (χ0v) is 26.4. The van der Waals surface area contributed by atoms with E-state index in [0.29, 0.717) is 16.1 Å². The Morgan fingerprint density at radius 2 is 1.89 bits per heavy atom. The molecule has 0 bridgehead atoms. The first-order valence-electron chi connectivity index (χ1n) is 14.5. The van der Waals surface area contributed by atoms with Gasteiger partial charge in [-0.1, -0.05) is 30.7 Å². The lowest BCUT2D eigenvalue weighted by Gasteiger charge is -2.34. The summed E-state index contributed by atoms with van der Waals surface area (Å²) >= 11 is 1.30. The van der Waals surface area contributed by atoms with Gasteiger partial charge in [0.25, 0.3) is 11.5 Å². The third-order valence-corrected chi connectivity index (χ3v) is 9.07. The lowest BCUT2D eigenvalue weighted by Crippen LogP contribution is -2.40. The minimum absolute atomic E-state index is 0.130. The molecule has 0 atom stereocenters. The summed E-state index contributed by atoms with van der Waals surface area (Å²) in [4.78, 5) is 31.3. The fourth-order valence-corrected chi connectivity index (χ4v) is 6.08. The molecule has 9 nitrogen and oxygen atoms in total. The van der Waals surface area contributed by atoms with E-state index in [1.165, 1.54) is 28.2 Å². The Morgan fingerprint density at radius 1 is 1.11 bits per heavy atom. The highest BCUT2D eigenvalue weighted by atomic mass is 32.1. The first-order chi connectivity index (χ1) is 21.1. The fraction of sp³-hybridized carbons (Fsp3) is 0.303. The van der Waals surface area contributed by atoms with E-state index in [1.807, 2.05) is 31.2 Å². The average molecular weight is 617 g/mol. The smallest absolute Gasteiger partial charge is 0.290 e. The van der Waals surface area contributed by atoms with E-state index in [9.17, 15) is 14.7 Å². The van der Waals surface area contributed by atoms with Crippen molar-refractivity contribution in [1.82, 2.24) is 19.6 Å². The second-order valence-corrected chi connectivity index (χ2v) is 12.1. The number of hydrogen-bond donors (Lipinski definition) is 3. The molecule has 4 aromatic rings. The van der Waals surface area contributed by atoms with Crippen molar-refractivity contribution in [3.8, 4) is 11.3 Å². The van der Waals surface area contributed by atoms with Gasteiger partial charge in [0.1, 0.15) is 11.5 Å². The van der Waals surface area contributed by atoms with Crippen LogP contribution >= 0.6 is 11.3 Å². The summed E-state index contributed by atoms with van der Waals surface area (Å²) < 4.78 is 17.3.